The number of unbranched alkanes of at least 4 members (excludes halogenated alkanes) is 1. The van der Waals surface area contributed by atoms with Crippen LogP contribution in [0.2, 0.25) is 5.02 Å². The van der Waals surface area contributed by atoms with E-state index in [-0.39, 0.29) is 31.1 Å². The molecular formula is C42H47ClN2O7. The molecule has 0 radical (unpaired) electrons. The Hall–Kier alpha value is -4.09. The normalized spacial score (nSPS) is 20.3. The number of carbonyl (C=O) groups excluding carboxylic acids is 1. The highest BCUT2D eigenvalue weighted by atomic mass is 35.5. The Balaban J connectivity index is 1.10. The number of nitrogens with zero attached hydrogens (tertiary/aromatic N) is 1. The smallest absolute Gasteiger partial charge is 0.303 e. The van der Waals surface area contributed by atoms with Crippen molar-refractivity contribution in [2.45, 2.75) is 82.2 Å². The third-order valence-electron chi connectivity index (χ3n) is 10.1. The van der Waals surface area contributed by atoms with Gasteiger partial charge in [-0.2, -0.15) is 0 Å². The molecule has 2 fully saturated rings. The highest BCUT2D eigenvalue weighted by Crippen LogP contribution is 2.40. The van der Waals surface area contributed by atoms with Gasteiger partial charge in [-0.3, -0.25) is 9.59 Å². The zero-order chi connectivity index (χ0) is 36.5. The first-order chi connectivity index (χ1) is 25.2. The van der Waals surface area contributed by atoms with Crippen LogP contribution in [0, 0.1) is 0 Å². The maximum atomic E-state index is 12.3. The molecule has 0 aromatic heterocycles. The summed E-state index contributed by atoms with van der Waals surface area (Å²) in [5.74, 6) is -0.935. The molecule has 6 rings (SSSR count). The average molecular weight is 727 g/mol. The average Bonchev–Trinajstić information content (AvgIpc) is 3.17. The molecule has 52 heavy (non-hydrogen) atoms. The van der Waals surface area contributed by atoms with Crippen molar-refractivity contribution in [3.63, 3.8) is 0 Å². The summed E-state index contributed by atoms with van der Waals surface area (Å²) in [5.41, 5.74) is 5.83. The van der Waals surface area contributed by atoms with Gasteiger partial charge in [-0.05, 0) is 77.3 Å². The molecule has 2 aliphatic rings. The summed E-state index contributed by atoms with van der Waals surface area (Å²) in [6.45, 7) is 2.57. The van der Waals surface area contributed by atoms with Gasteiger partial charge in [0.05, 0.1) is 24.4 Å². The van der Waals surface area contributed by atoms with Crippen molar-refractivity contribution in [3.8, 4) is 11.1 Å². The monoisotopic (exact) mass is 726 g/mol. The number of carbonyl (C=O) groups is 2. The number of hydrogen-bond acceptors (Lipinski definition) is 7. The number of piperidine rings is 1. The van der Waals surface area contributed by atoms with Gasteiger partial charge in [-0.1, -0.05) is 90.5 Å². The van der Waals surface area contributed by atoms with E-state index in [4.69, 9.17) is 26.2 Å². The van der Waals surface area contributed by atoms with E-state index in [2.05, 4.69) is 28.4 Å². The minimum Gasteiger partial charge on any atom is -0.481 e. The number of carboxylic acid groups (broad SMARTS) is 1. The second-order valence-electron chi connectivity index (χ2n) is 13.9. The molecule has 4 aromatic carbocycles. The molecule has 10 heteroatoms. The molecule has 3 unspecified atom stereocenters. The number of ether oxygens (including phenoxy) is 2. The van der Waals surface area contributed by atoms with Crippen LogP contribution in [0.4, 0.5) is 0 Å². The quantitative estimate of drug-likeness (QED) is 0.0998. The summed E-state index contributed by atoms with van der Waals surface area (Å²) in [6.07, 6.45) is 2.45. The van der Waals surface area contributed by atoms with Crippen LogP contribution in [0.1, 0.15) is 85.2 Å². The second-order valence-corrected chi connectivity index (χ2v) is 14.3. The molecule has 2 heterocycles. The lowest BCUT2D eigenvalue weighted by Gasteiger charge is -2.42. The minimum atomic E-state index is -0.878. The van der Waals surface area contributed by atoms with Crippen molar-refractivity contribution in [1.29, 1.82) is 0 Å². The lowest BCUT2D eigenvalue weighted by Crippen LogP contribution is -2.46. The molecule has 4 aromatic rings. The Labute approximate surface area is 310 Å². The minimum absolute atomic E-state index is 0.0163. The van der Waals surface area contributed by atoms with Crippen LogP contribution in [-0.2, 0) is 37.8 Å². The molecule has 1 amide bonds. The van der Waals surface area contributed by atoms with Gasteiger partial charge in [-0.15, -0.1) is 0 Å². The standard InChI is InChI=1S/C42H47ClN2O7/c43-36-18-16-35(17-19-36)42(50)20-22-45(23-21-42)27-37-25-38(32-10-8-29(28-46)9-11-32)52-41(51-37)33-14-12-31(13-15-33)34-5-3-4-30(24-34)26-44-39(47)6-1-2-7-40(48)49/h3-5,8-19,24,37-38,41,46,50H,1-2,6-7,20-23,25-28H2,(H,44,47)(H,48,49). The van der Waals surface area contributed by atoms with Gasteiger partial charge in [0.25, 0.3) is 0 Å². The van der Waals surface area contributed by atoms with Gasteiger partial charge >= 0.3 is 5.97 Å². The third-order valence-corrected chi connectivity index (χ3v) is 10.4. The van der Waals surface area contributed by atoms with Gasteiger partial charge in [0.15, 0.2) is 6.29 Å². The highest BCUT2D eigenvalue weighted by Gasteiger charge is 2.37. The van der Waals surface area contributed by atoms with Crippen LogP contribution >= 0.6 is 11.6 Å². The number of nitrogens with one attached hydrogen (secondary N) is 1. The zero-order valence-electron chi connectivity index (χ0n) is 29.3. The van der Waals surface area contributed by atoms with Crippen LogP contribution < -0.4 is 5.32 Å². The second kappa shape index (κ2) is 17.6. The van der Waals surface area contributed by atoms with Crippen LogP contribution in [0.5, 0.6) is 0 Å². The number of aliphatic hydroxyl groups is 2. The number of halogens is 1. The van der Waals surface area contributed by atoms with Gasteiger partial charge in [-0.25, -0.2) is 0 Å². The van der Waals surface area contributed by atoms with Gasteiger partial charge < -0.3 is 35.0 Å². The molecule has 0 bridgehead atoms. The predicted molar refractivity (Wildman–Crippen MR) is 199 cm³/mol. The summed E-state index contributed by atoms with van der Waals surface area (Å²) < 4.78 is 13.2. The molecule has 0 spiro atoms. The summed E-state index contributed by atoms with van der Waals surface area (Å²) in [6, 6.07) is 31.6. The lowest BCUT2D eigenvalue weighted by atomic mass is 9.84. The van der Waals surface area contributed by atoms with Crippen LogP contribution in [0.3, 0.4) is 0 Å². The first-order valence-electron chi connectivity index (χ1n) is 18.1. The maximum Gasteiger partial charge on any atom is 0.303 e. The van der Waals surface area contributed by atoms with Crippen molar-refractivity contribution in [2.75, 3.05) is 19.6 Å². The summed E-state index contributed by atoms with van der Waals surface area (Å²) >= 11 is 6.09. The number of likely N-dealkylation sites (tertiary alicyclic amines) is 1. The molecule has 9 nitrogen and oxygen atoms in total. The van der Waals surface area contributed by atoms with Gasteiger partial charge in [0.2, 0.25) is 5.91 Å². The van der Waals surface area contributed by atoms with E-state index in [0.29, 0.717) is 56.6 Å². The summed E-state index contributed by atoms with van der Waals surface area (Å²) in [5, 5.41) is 33.4. The van der Waals surface area contributed by atoms with E-state index in [1.165, 1.54) is 0 Å². The van der Waals surface area contributed by atoms with Crippen molar-refractivity contribution in [1.82, 2.24) is 10.2 Å². The van der Waals surface area contributed by atoms with Crippen molar-refractivity contribution >= 4 is 23.5 Å². The molecule has 2 aliphatic heterocycles. The first-order valence-corrected chi connectivity index (χ1v) is 18.4. The number of aliphatic hydroxyl groups excluding tert-OH is 1. The Morgan fingerprint density at radius 3 is 2.21 bits per heavy atom. The van der Waals surface area contributed by atoms with E-state index in [9.17, 15) is 19.8 Å². The molecular weight excluding hydrogens is 680 g/mol. The predicted octanol–water partition coefficient (Wildman–Crippen LogP) is 7.29. The Morgan fingerprint density at radius 1 is 0.827 bits per heavy atom. The summed E-state index contributed by atoms with van der Waals surface area (Å²) in [7, 11) is 0. The Kier molecular flexibility index (Phi) is 12.8. The molecule has 4 N–H and O–H groups in total. The largest absolute Gasteiger partial charge is 0.481 e. The van der Waals surface area contributed by atoms with E-state index in [0.717, 1.165) is 52.0 Å². The number of aliphatic carboxylic acids is 1. The molecule has 3 atom stereocenters. The van der Waals surface area contributed by atoms with Crippen molar-refractivity contribution in [3.05, 3.63) is 130 Å². The van der Waals surface area contributed by atoms with E-state index < -0.39 is 17.9 Å². The maximum absolute atomic E-state index is 12.3. The van der Waals surface area contributed by atoms with Crippen LogP contribution in [0.15, 0.2) is 97.1 Å². The third kappa shape index (κ3) is 10.1. The number of rotatable bonds is 14. The lowest BCUT2D eigenvalue weighted by molar-refractivity contribution is -0.253. The van der Waals surface area contributed by atoms with Crippen LogP contribution in [-0.4, -0.2) is 57.8 Å². The van der Waals surface area contributed by atoms with E-state index >= 15 is 0 Å². The summed E-state index contributed by atoms with van der Waals surface area (Å²) in [4.78, 5) is 25.3. The molecule has 0 aliphatic carbocycles. The topological polar surface area (TPSA) is 129 Å². The highest BCUT2D eigenvalue weighted by molar-refractivity contribution is 6.30. The Bertz CT molecular complexity index is 1770. The van der Waals surface area contributed by atoms with Crippen LogP contribution in [0.25, 0.3) is 11.1 Å². The van der Waals surface area contributed by atoms with E-state index in [1.54, 1.807) is 0 Å². The fourth-order valence-electron chi connectivity index (χ4n) is 7.02. The molecule has 2 saturated heterocycles. The fourth-order valence-corrected chi connectivity index (χ4v) is 7.15. The Morgan fingerprint density at radius 2 is 1.52 bits per heavy atom. The van der Waals surface area contributed by atoms with Gasteiger partial charge in [0.1, 0.15) is 0 Å². The van der Waals surface area contributed by atoms with E-state index in [1.807, 2.05) is 78.9 Å². The number of hydrogen-bond donors (Lipinski definition) is 4. The first kappa shape index (κ1) is 37.7. The fraction of sp³-hybridized carbons (Fsp3) is 0.381. The van der Waals surface area contributed by atoms with Crippen molar-refractivity contribution < 1.29 is 34.4 Å². The number of benzene rings is 4. The number of carboxylic acids is 1. The SMILES string of the molecule is O=C(O)CCCCC(=O)NCc1cccc(-c2ccc(C3OC(CN4CCC(O)(c5ccc(Cl)cc5)CC4)CC(c4ccc(CO)cc4)O3)cc2)c1. The number of amides is 1. The van der Waals surface area contributed by atoms with Gasteiger partial charge in [0, 0.05) is 56.0 Å². The zero-order valence-corrected chi connectivity index (χ0v) is 30.0. The molecule has 0 saturated carbocycles. The molecule has 274 valence electrons. The van der Waals surface area contributed by atoms with Crippen molar-refractivity contribution in [2.24, 2.45) is 0 Å².